The number of ether oxygens (including phenoxy) is 2. The van der Waals surface area contributed by atoms with Crippen LogP contribution in [-0.2, 0) is 15.9 Å². The van der Waals surface area contributed by atoms with Crippen molar-refractivity contribution in [2.24, 2.45) is 5.41 Å². The molecular weight excluding hydrogens is 400 g/mol. The van der Waals surface area contributed by atoms with Gasteiger partial charge < -0.3 is 35.0 Å². The van der Waals surface area contributed by atoms with E-state index in [-0.39, 0.29) is 5.75 Å². The third kappa shape index (κ3) is 3.84. The summed E-state index contributed by atoms with van der Waals surface area (Å²) >= 11 is 6.43. The Labute approximate surface area is 174 Å². The normalized spacial score (nSPS) is 37.8. The Hall–Kier alpha value is -1.45. The standard InChI is InChI=1S/C21H27ClO7/c1-20(21(28-2)19(27)18(26)17(25)16(11-23)29-21)8-7-15(22)13(10-20)9-12-3-5-14(24)6-4-12/h3-8,16-19,23-27H,9-11H2,1-2H3. The van der Waals surface area contributed by atoms with Gasteiger partial charge in [-0.3, -0.25) is 0 Å². The number of hydrogen-bond acceptors (Lipinski definition) is 7. The van der Waals surface area contributed by atoms with Gasteiger partial charge >= 0.3 is 0 Å². The molecule has 1 saturated heterocycles. The summed E-state index contributed by atoms with van der Waals surface area (Å²) in [5.74, 6) is -1.55. The average molecular weight is 427 g/mol. The number of allylic oxidation sites excluding steroid dienone is 3. The highest BCUT2D eigenvalue weighted by Crippen LogP contribution is 2.51. The van der Waals surface area contributed by atoms with Crippen molar-refractivity contribution in [1.82, 2.24) is 0 Å². The Morgan fingerprint density at radius 2 is 1.83 bits per heavy atom. The molecule has 1 aromatic rings. The average Bonchev–Trinajstić information content (AvgIpc) is 2.71. The summed E-state index contributed by atoms with van der Waals surface area (Å²) in [5, 5.41) is 50.9. The molecule has 1 aliphatic carbocycles. The predicted molar refractivity (Wildman–Crippen MR) is 106 cm³/mol. The van der Waals surface area contributed by atoms with Crippen molar-refractivity contribution in [3.63, 3.8) is 0 Å². The van der Waals surface area contributed by atoms with Crippen molar-refractivity contribution in [2.45, 2.75) is 50.0 Å². The van der Waals surface area contributed by atoms with Crippen LogP contribution in [0.5, 0.6) is 5.75 Å². The van der Waals surface area contributed by atoms with Crippen LogP contribution in [0.2, 0.25) is 0 Å². The molecule has 6 atom stereocenters. The highest BCUT2D eigenvalue weighted by atomic mass is 35.5. The largest absolute Gasteiger partial charge is 0.508 e. The van der Waals surface area contributed by atoms with Crippen LogP contribution >= 0.6 is 11.6 Å². The number of phenolic OH excluding ortho intramolecular Hbond substituents is 1. The van der Waals surface area contributed by atoms with Crippen LogP contribution in [0, 0.1) is 5.41 Å². The first kappa shape index (κ1) is 22.2. The molecule has 8 heteroatoms. The van der Waals surface area contributed by atoms with E-state index in [1.54, 1.807) is 43.3 Å². The zero-order valence-corrected chi connectivity index (χ0v) is 17.1. The summed E-state index contributed by atoms with van der Waals surface area (Å²) in [6.45, 7) is 1.25. The molecule has 0 radical (unpaired) electrons. The monoisotopic (exact) mass is 426 g/mol. The van der Waals surface area contributed by atoms with Crippen molar-refractivity contribution in [2.75, 3.05) is 13.7 Å². The van der Waals surface area contributed by atoms with E-state index >= 15 is 0 Å². The molecule has 1 fully saturated rings. The molecule has 0 aromatic heterocycles. The topological polar surface area (TPSA) is 120 Å². The molecule has 1 aliphatic heterocycles. The lowest BCUT2D eigenvalue weighted by atomic mass is 9.68. The van der Waals surface area contributed by atoms with Crippen LogP contribution in [0.4, 0.5) is 0 Å². The molecule has 0 bridgehead atoms. The van der Waals surface area contributed by atoms with Crippen LogP contribution in [0.25, 0.3) is 0 Å². The summed E-state index contributed by atoms with van der Waals surface area (Å²) in [4.78, 5) is 0. The summed E-state index contributed by atoms with van der Waals surface area (Å²) in [7, 11) is 1.35. The van der Waals surface area contributed by atoms with E-state index in [9.17, 15) is 25.5 Å². The molecule has 1 heterocycles. The van der Waals surface area contributed by atoms with Gasteiger partial charge in [0.25, 0.3) is 0 Å². The smallest absolute Gasteiger partial charge is 0.206 e. The van der Waals surface area contributed by atoms with Crippen molar-refractivity contribution in [3.05, 3.63) is 52.6 Å². The predicted octanol–water partition coefficient (Wildman–Crippen LogP) is 1.21. The fourth-order valence-corrected chi connectivity index (χ4v) is 4.42. The maximum Gasteiger partial charge on any atom is 0.206 e. The minimum atomic E-state index is -1.71. The van der Waals surface area contributed by atoms with Gasteiger partial charge in [-0.15, -0.1) is 0 Å². The number of aliphatic hydroxyl groups excluding tert-OH is 4. The van der Waals surface area contributed by atoms with Crippen LogP contribution in [-0.4, -0.2) is 69.5 Å². The van der Waals surface area contributed by atoms with Gasteiger partial charge in [-0.2, -0.15) is 0 Å². The minimum Gasteiger partial charge on any atom is -0.508 e. The lowest BCUT2D eigenvalue weighted by Gasteiger charge is -2.55. The number of aliphatic hydroxyl groups is 4. The summed E-state index contributed by atoms with van der Waals surface area (Å²) in [6, 6.07) is 6.77. The van der Waals surface area contributed by atoms with E-state index in [2.05, 4.69) is 0 Å². The molecule has 0 spiro atoms. The Balaban J connectivity index is 1.94. The Bertz CT molecular complexity index is 791. The fraction of sp³-hybridized carbons (Fsp3) is 0.524. The highest BCUT2D eigenvalue weighted by molar-refractivity contribution is 6.31. The molecule has 2 aliphatic rings. The SMILES string of the molecule is COC1(C2(C)C=CC(Cl)=C(Cc3ccc(O)cc3)C2)OC(CO)C(O)C(O)C1O. The first-order valence-corrected chi connectivity index (χ1v) is 9.78. The Morgan fingerprint density at radius 3 is 2.41 bits per heavy atom. The number of rotatable bonds is 5. The van der Waals surface area contributed by atoms with Gasteiger partial charge in [-0.25, -0.2) is 0 Å². The molecule has 7 nitrogen and oxygen atoms in total. The van der Waals surface area contributed by atoms with Gasteiger partial charge in [0.05, 0.1) is 6.61 Å². The summed E-state index contributed by atoms with van der Waals surface area (Å²) in [5.41, 5.74) is 0.838. The van der Waals surface area contributed by atoms with E-state index in [0.29, 0.717) is 17.9 Å². The van der Waals surface area contributed by atoms with E-state index < -0.39 is 42.2 Å². The number of phenols is 1. The van der Waals surface area contributed by atoms with Crippen molar-refractivity contribution in [3.8, 4) is 5.75 Å². The van der Waals surface area contributed by atoms with Crippen molar-refractivity contribution in [1.29, 1.82) is 0 Å². The molecular formula is C21H27ClO7. The molecule has 5 N–H and O–H groups in total. The van der Waals surface area contributed by atoms with Crippen molar-refractivity contribution < 1.29 is 35.0 Å². The third-order valence-corrected chi connectivity index (χ3v) is 6.31. The maximum atomic E-state index is 10.8. The molecule has 6 unspecified atom stereocenters. The third-order valence-electron chi connectivity index (χ3n) is 5.92. The zero-order chi connectivity index (χ0) is 21.4. The lowest BCUT2D eigenvalue weighted by Crippen LogP contribution is -2.71. The second-order valence-electron chi connectivity index (χ2n) is 7.86. The van der Waals surface area contributed by atoms with Crippen LogP contribution < -0.4 is 0 Å². The minimum absolute atomic E-state index is 0.168. The molecule has 29 heavy (non-hydrogen) atoms. The van der Waals surface area contributed by atoms with E-state index in [0.717, 1.165) is 11.1 Å². The molecule has 0 amide bonds. The number of halogens is 1. The first-order chi connectivity index (χ1) is 13.7. The zero-order valence-electron chi connectivity index (χ0n) is 16.3. The molecule has 160 valence electrons. The molecule has 3 rings (SSSR count). The van der Waals surface area contributed by atoms with E-state index in [1.165, 1.54) is 7.11 Å². The number of aromatic hydroxyl groups is 1. The number of benzene rings is 1. The van der Waals surface area contributed by atoms with Gasteiger partial charge in [0, 0.05) is 17.6 Å². The van der Waals surface area contributed by atoms with Crippen molar-refractivity contribution >= 4 is 11.6 Å². The molecule has 1 aromatic carbocycles. The maximum absolute atomic E-state index is 10.8. The number of hydrogen-bond donors (Lipinski definition) is 5. The highest BCUT2D eigenvalue weighted by Gasteiger charge is 2.62. The summed E-state index contributed by atoms with van der Waals surface area (Å²) < 4.78 is 11.5. The van der Waals surface area contributed by atoms with Gasteiger partial charge in [0.1, 0.15) is 30.2 Å². The van der Waals surface area contributed by atoms with Crippen LogP contribution in [0.15, 0.2) is 47.0 Å². The Kier molecular flexibility index (Phi) is 6.41. The second-order valence-corrected chi connectivity index (χ2v) is 8.27. The van der Waals surface area contributed by atoms with Crippen LogP contribution in [0.3, 0.4) is 0 Å². The van der Waals surface area contributed by atoms with Gasteiger partial charge in [0.2, 0.25) is 5.79 Å². The van der Waals surface area contributed by atoms with Gasteiger partial charge in [-0.1, -0.05) is 36.7 Å². The number of methoxy groups -OCH3 is 1. The quantitative estimate of drug-likeness (QED) is 0.480. The fourth-order valence-electron chi connectivity index (χ4n) is 4.22. The van der Waals surface area contributed by atoms with Gasteiger partial charge in [-0.05, 0) is 42.2 Å². The Morgan fingerprint density at radius 1 is 1.17 bits per heavy atom. The first-order valence-electron chi connectivity index (χ1n) is 9.40. The van der Waals surface area contributed by atoms with Gasteiger partial charge in [0.15, 0.2) is 0 Å². The molecule has 0 saturated carbocycles. The lowest BCUT2D eigenvalue weighted by molar-refractivity contribution is -0.387. The van der Waals surface area contributed by atoms with E-state index in [1.807, 2.05) is 0 Å². The van der Waals surface area contributed by atoms with E-state index in [4.69, 9.17) is 21.1 Å². The summed E-state index contributed by atoms with van der Waals surface area (Å²) in [6.07, 6.45) is -1.41. The van der Waals surface area contributed by atoms with Crippen LogP contribution in [0.1, 0.15) is 18.9 Å². The second kappa shape index (κ2) is 8.35.